The summed E-state index contributed by atoms with van der Waals surface area (Å²) in [6, 6.07) is 3.74. The van der Waals surface area contributed by atoms with Crippen molar-refractivity contribution in [3.8, 4) is 0 Å². The highest BCUT2D eigenvalue weighted by atomic mass is 32.2. The summed E-state index contributed by atoms with van der Waals surface area (Å²) in [6.45, 7) is 0.417. The van der Waals surface area contributed by atoms with Crippen LogP contribution in [0.25, 0.3) is 0 Å². The predicted octanol–water partition coefficient (Wildman–Crippen LogP) is 2.04. The summed E-state index contributed by atoms with van der Waals surface area (Å²) >= 11 is 0. The smallest absolute Gasteiger partial charge is 0.384 e. The molecule has 0 saturated heterocycles. The van der Waals surface area contributed by atoms with Crippen molar-refractivity contribution in [3.05, 3.63) is 40.6 Å². The third kappa shape index (κ3) is 3.43. The second-order valence-corrected chi connectivity index (χ2v) is 9.43. The van der Waals surface area contributed by atoms with E-state index in [0.29, 0.717) is 17.7 Å². The largest absolute Gasteiger partial charge is 0.418 e. The number of hydrogen-bond acceptors (Lipinski definition) is 6. The van der Waals surface area contributed by atoms with Gasteiger partial charge in [0.15, 0.2) is 0 Å². The number of nitrogens with two attached hydrogens (primary N) is 1. The fraction of sp³-hybridized carbons (Fsp3) is 0.444. The molecule has 12 heteroatoms. The topological polar surface area (TPSA) is 110 Å². The molecule has 3 N–H and O–H groups in total. The summed E-state index contributed by atoms with van der Waals surface area (Å²) in [6.07, 6.45) is -2.87. The molecule has 0 radical (unpaired) electrons. The Morgan fingerprint density at radius 1 is 1.33 bits per heavy atom. The first-order chi connectivity index (χ1) is 14.0. The number of carbonyl (C=O) groups excluding carboxylic acids is 1. The Morgan fingerprint density at radius 3 is 2.73 bits per heavy atom. The molecular formula is C18H20F3N5O3S. The summed E-state index contributed by atoms with van der Waals surface area (Å²) in [5, 5.41) is 6.98. The van der Waals surface area contributed by atoms with Gasteiger partial charge in [0.1, 0.15) is 5.82 Å². The molecule has 1 aromatic carbocycles. The second-order valence-electron chi connectivity index (χ2n) is 7.44. The van der Waals surface area contributed by atoms with Crippen LogP contribution in [0.4, 0.5) is 24.7 Å². The molecule has 3 heterocycles. The lowest BCUT2D eigenvalue weighted by Gasteiger charge is -2.28. The van der Waals surface area contributed by atoms with E-state index in [1.807, 2.05) is 0 Å². The average Bonchev–Trinajstić information content (AvgIpc) is 3.01. The predicted molar refractivity (Wildman–Crippen MR) is 104 cm³/mol. The van der Waals surface area contributed by atoms with Crippen molar-refractivity contribution in [1.82, 2.24) is 14.1 Å². The summed E-state index contributed by atoms with van der Waals surface area (Å²) in [5.41, 5.74) is 6.42. The molecule has 0 amide bonds. The molecule has 0 aliphatic carbocycles. The Bertz CT molecular complexity index is 1130. The van der Waals surface area contributed by atoms with Crippen molar-refractivity contribution in [1.29, 1.82) is 0 Å². The van der Waals surface area contributed by atoms with E-state index >= 15 is 0 Å². The van der Waals surface area contributed by atoms with Gasteiger partial charge in [-0.05, 0) is 24.5 Å². The third-order valence-corrected chi connectivity index (χ3v) is 6.78. The van der Waals surface area contributed by atoms with E-state index in [-0.39, 0.29) is 43.1 Å². The molecular weight excluding hydrogens is 423 g/mol. The minimum Gasteiger partial charge on any atom is -0.384 e. The zero-order valence-electron chi connectivity index (χ0n) is 16.0. The lowest BCUT2D eigenvalue weighted by molar-refractivity contribution is -0.137. The van der Waals surface area contributed by atoms with Gasteiger partial charge in [0.2, 0.25) is 10.0 Å². The molecule has 2 aromatic rings. The van der Waals surface area contributed by atoms with Gasteiger partial charge in [-0.15, -0.1) is 0 Å². The number of nitrogen functional groups attached to an aromatic ring is 1. The highest BCUT2D eigenvalue weighted by Crippen LogP contribution is 2.42. The van der Waals surface area contributed by atoms with Crippen LogP contribution in [0, 0.1) is 0 Å². The Morgan fingerprint density at radius 2 is 2.07 bits per heavy atom. The molecule has 0 fully saturated rings. The zero-order chi connectivity index (χ0) is 21.8. The van der Waals surface area contributed by atoms with Crippen LogP contribution in [-0.2, 0) is 29.2 Å². The van der Waals surface area contributed by atoms with Crippen molar-refractivity contribution in [2.24, 2.45) is 0 Å². The van der Waals surface area contributed by atoms with Crippen LogP contribution in [-0.4, -0.2) is 47.8 Å². The zero-order valence-corrected chi connectivity index (χ0v) is 16.8. The molecule has 4 rings (SSSR count). The Hall–Kier alpha value is -2.60. The van der Waals surface area contributed by atoms with E-state index in [4.69, 9.17) is 5.73 Å². The molecule has 0 bridgehead atoms. The van der Waals surface area contributed by atoms with E-state index in [9.17, 15) is 26.4 Å². The summed E-state index contributed by atoms with van der Waals surface area (Å²) in [4.78, 5) is 13.2. The van der Waals surface area contributed by atoms with Crippen molar-refractivity contribution in [2.75, 3.05) is 30.4 Å². The number of sulfonamides is 1. The second kappa shape index (κ2) is 6.98. The lowest BCUT2D eigenvalue weighted by Crippen LogP contribution is -2.35. The van der Waals surface area contributed by atoms with Crippen molar-refractivity contribution in [2.45, 2.75) is 31.5 Å². The van der Waals surface area contributed by atoms with Gasteiger partial charge in [0, 0.05) is 18.7 Å². The van der Waals surface area contributed by atoms with Gasteiger partial charge < -0.3 is 11.1 Å². The maximum Gasteiger partial charge on any atom is 0.418 e. The van der Waals surface area contributed by atoms with Crippen LogP contribution in [0.5, 0.6) is 0 Å². The van der Waals surface area contributed by atoms with E-state index < -0.39 is 33.6 Å². The number of halogens is 3. The maximum atomic E-state index is 13.4. The number of para-hydroxylation sites is 1. The molecule has 1 atom stereocenters. The van der Waals surface area contributed by atoms with Gasteiger partial charge in [-0.25, -0.2) is 8.42 Å². The number of nitrogens with one attached hydrogen (secondary N) is 1. The number of fused-ring (bicyclic) bond motifs is 2. The maximum absolute atomic E-state index is 13.4. The third-order valence-electron chi connectivity index (χ3n) is 5.53. The summed E-state index contributed by atoms with van der Waals surface area (Å²) in [7, 11) is -3.43. The molecule has 1 aromatic heterocycles. The highest BCUT2D eigenvalue weighted by Gasteiger charge is 2.39. The van der Waals surface area contributed by atoms with E-state index in [0.717, 1.165) is 17.0 Å². The fourth-order valence-electron chi connectivity index (χ4n) is 4.04. The standard InChI is InChI=1S/C18H20F3N5O3S/c1-30(28,29)25-8-6-12-14(9-25)24-26(16(12)22)17(27)11-5-7-23-15-10(11)3-2-4-13(15)18(19,20)21/h2-4,11,23H,5-9,22H2,1H3. The minimum atomic E-state index is -4.55. The lowest BCUT2D eigenvalue weighted by atomic mass is 9.88. The van der Waals surface area contributed by atoms with Crippen molar-refractivity contribution < 1.29 is 26.4 Å². The molecule has 0 spiro atoms. The first kappa shape index (κ1) is 20.7. The van der Waals surface area contributed by atoms with Crippen LogP contribution in [0.15, 0.2) is 18.2 Å². The minimum absolute atomic E-state index is 0.000320. The number of aromatic nitrogens is 2. The van der Waals surface area contributed by atoms with E-state index in [1.165, 1.54) is 16.4 Å². The van der Waals surface area contributed by atoms with Crippen molar-refractivity contribution >= 4 is 27.4 Å². The summed E-state index contributed by atoms with van der Waals surface area (Å²) < 4.78 is 66.0. The van der Waals surface area contributed by atoms with Gasteiger partial charge in [0.05, 0.1) is 35.7 Å². The Labute approximate surface area is 170 Å². The van der Waals surface area contributed by atoms with Gasteiger partial charge in [-0.3, -0.25) is 4.79 Å². The monoisotopic (exact) mass is 443 g/mol. The molecule has 0 saturated carbocycles. The SMILES string of the molecule is CS(=O)(=O)N1CCc2c(nn(C(=O)C3CCNc4c3cccc4C(F)(F)F)c2N)C1. The number of hydrogen-bond donors (Lipinski definition) is 2. The average molecular weight is 443 g/mol. The number of anilines is 2. The van der Waals surface area contributed by atoms with E-state index in [2.05, 4.69) is 10.4 Å². The van der Waals surface area contributed by atoms with Crippen LogP contribution in [0.3, 0.4) is 0 Å². The van der Waals surface area contributed by atoms with Crippen molar-refractivity contribution in [3.63, 3.8) is 0 Å². The number of rotatable bonds is 2. The number of benzene rings is 1. The molecule has 162 valence electrons. The first-order valence-corrected chi connectivity index (χ1v) is 11.1. The van der Waals surface area contributed by atoms with Crippen LogP contribution in [0.1, 0.15) is 39.5 Å². The van der Waals surface area contributed by atoms with Gasteiger partial charge in [-0.2, -0.15) is 27.3 Å². The number of carbonyl (C=O) groups is 1. The molecule has 2 aliphatic heterocycles. The fourth-order valence-corrected chi connectivity index (χ4v) is 4.82. The molecule has 1 unspecified atom stereocenters. The Balaban J connectivity index is 1.71. The van der Waals surface area contributed by atoms with E-state index in [1.54, 1.807) is 0 Å². The highest BCUT2D eigenvalue weighted by molar-refractivity contribution is 7.88. The number of nitrogens with zero attached hydrogens (tertiary/aromatic N) is 3. The quantitative estimate of drug-likeness (QED) is 0.735. The first-order valence-electron chi connectivity index (χ1n) is 9.28. The molecule has 8 nitrogen and oxygen atoms in total. The molecule has 30 heavy (non-hydrogen) atoms. The number of alkyl halides is 3. The normalized spacial score (nSPS) is 19.7. The van der Waals surface area contributed by atoms with Crippen LogP contribution < -0.4 is 11.1 Å². The molecule has 2 aliphatic rings. The van der Waals surface area contributed by atoms with Crippen LogP contribution >= 0.6 is 0 Å². The summed E-state index contributed by atoms with van der Waals surface area (Å²) in [5.74, 6) is -1.27. The van der Waals surface area contributed by atoms with Gasteiger partial charge >= 0.3 is 6.18 Å². The Kier molecular flexibility index (Phi) is 4.81. The van der Waals surface area contributed by atoms with Crippen LogP contribution in [0.2, 0.25) is 0 Å². The van der Waals surface area contributed by atoms with Gasteiger partial charge in [-0.1, -0.05) is 12.1 Å². The van der Waals surface area contributed by atoms with Gasteiger partial charge in [0.25, 0.3) is 5.91 Å².